The summed E-state index contributed by atoms with van der Waals surface area (Å²) in [5.74, 6) is 0.908. The van der Waals surface area contributed by atoms with E-state index in [1.807, 2.05) is 6.92 Å². The van der Waals surface area contributed by atoms with Crippen molar-refractivity contribution in [2.45, 2.75) is 58.9 Å². The van der Waals surface area contributed by atoms with Gasteiger partial charge in [-0.2, -0.15) is 0 Å². The Morgan fingerprint density at radius 1 is 1.26 bits per heavy atom. The van der Waals surface area contributed by atoms with E-state index in [4.69, 9.17) is 0 Å². The Morgan fingerprint density at radius 3 is 2.42 bits per heavy atom. The van der Waals surface area contributed by atoms with E-state index in [2.05, 4.69) is 19.2 Å². The highest BCUT2D eigenvalue weighted by atomic mass is 32.2. The molecule has 0 aromatic carbocycles. The Bertz CT molecular complexity index is 337. The molecule has 4 nitrogen and oxygen atoms in total. The molecule has 0 spiro atoms. The van der Waals surface area contributed by atoms with Crippen molar-refractivity contribution in [2.24, 2.45) is 5.92 Å². The van der Waals surface area contributed by atoms with Gasteiger partial charge < -0.3 is 5.32 Å². The van der Waals surface area contributed by atoms with Crippen molar-refractivity contribution in [1.82, 2.24) is 9.62 Å². The molecule has 0 aromatic heterocycles. The van der Waals surface area contributed by atoms with Gasteiger partial charge in [-0.05, 0) is 38.1 Å². The van der Waals surface area contributed by atoms with E-state index in [0.29, 0.717) is 24.3 Å². The van der Waals surface area contributed by atoms with Crippen LogP contribution in [-0.2, 0) is 10.0 Å². The Hall–Kier alpha value is -0.130. The summed E-state index contributed by atoms with van der Waals surface area (Å²) in [7, 11) is -3.04. The van der Waals surface area contributed by atoms with Crippen LogP contribution in [0.1, 0.15) is 52.9 Å². The van der Waals surface area contributed by atoms with Crippen molar-refractivity contribution in [1.29, 1.82) is 0 Å². The van der Waals surface area contributed by atoms with Gasteiger partial charge in [0.15, 0.2) is 0 Å². The second kappa shape index (κ2) is 8.22. The van der Waals surface area contributed by atoms with Gasteiger partial charge in [0, 0.05) is 19.1 Å². The fourth-order valence-electron chi connectivity index (χ4n) is 2.33. The number of rotatable bonds is 10. The molecule has 1 rings (SSSR count). The third-order valence-electron chi connectivity index (χ3n) is 3.81. The summed E-state index contributed by atoms with van der Waals surface area (Å²) in [6.45, 7) is 8.41. The molecule has 1 fully saturated rings. The van der Waals surface area contributed by atoms with E-state index < -0.39 is 10.0 Å². The second-order valence-corrected chi connectivity index (χ2v) is 7.97. The normalized spacial score (nSPS) is 17.1. The van der Waals surface area contributed by atoms with E-state index in [-0.39, 0.29) is 0 Å². The maximum atomic E-state index is 12.2. The smallest absolute Gasteiger partial charge is 0.214 e. The van der Waals surface area contributed by atoms with Crippen molar-refractivity contribution in [2.75, 3.05) is 25.4 Å². The van der Waals surface area contributed by atoms with Crippen LogP contribution in [0.15, 0.2) is 0 Å². The van der Waals surface area contributed by atoms with Crippen molar-refractivity contribution in [3.8, 4) is 0 Å². The first kappa shape index (κ1) is 16.9. The van der Waals surface area contributed by atoms with E-state index in [9.17, 15) is 8.42 Å². The molecule has 0 aromatic rings. The third kappa shape index (κ3) is 6.23. The van der Waals surface area contributed by atoms with Gasteiger partial charge in [0.2, 0.25) is 10.0 Å². The molecule has 1 aliphatic rings. The molecule has 0 aliphatic heterocycles. The maximum absolute atomic E-state index is 12.2. The Balaban J connectivity index is 2.27. The molecule has 1 aliphatic carbocycles. The molecule has 5 heteroatoms. The maximum Gasteiger partial charge on any atom is 0.214 e. The minimum Gasteiger partial charge on any atom is -0.315 e. The second-order valence-electron chi connectivity index (χ2n) is 5.88. The fraction of sp³-hybridized carbons (Fsp3) is 1.00. The van der Waals surface area contributed by atoms with Gasteiger partial charge >= 0.3 is 0 Å². The first-order valence-corrected chi connectivity index (χ1v) is 9.27. The van der Waals surface area contributed by atoms with Gasteiger partial charge in [-0.1, -0.05) is 27.2 Å². The molecule has 1 saturated carbocycles. The predicted molar refractivity (Wildman–Crippen MR) is 80.7 cm³/mol. The zero-order valence-corrected chi connectivity index (χ0v) is 13.5. The quantitative estimate of drug-likeness (QED) is 0.628. The molecule has 19 heavy (non-hydrogen) atoms. The SMILES string of the molecule is CCN(CC1CCC1)S(=O)(=O)CCCCNC(C)C. The molecule has 0 saturated heterocycles. The summed E-state index contributed by atoms with van der Waals surface area (Å²) in [6.07, 6.45) is 5.35. The number of nitrogens with one attached hydrogen (secondary N) is 1. The van der Waals surface area contributed by atoms with E-state index >= 15 is 0 Å². The highest BCUT2D eigenvalue weighted by Crippen LogP contribution is 2.27. The van der Waals surface area contributed by atoms with Gasteiger partial charge in [-0.3, -0.25) is 0 Å². The van der Waals surface area contributed by atoms with Gasteiger partial charge in [-0.25, -0.2) is 12.7 Å². The van der Waals surface area contributed by atoms with Gasteiger partial charge in [-0.15, -0.1) is 0 Å². The highest BCUT2D eigenvalue weighted by Gasteiger charge is 2.26. The predicted octanol–water partition coefficient (Wildman–Crippen LogP) is 2.22. The van der Waals surface area contributed by atoms with Crippen LogP contribution >= 0.6 is 0 Å². The van der Waals surface area contributed by atoms with Crippen molar-refractivity contribution < 1.29 is 8.42 Å². The van der Waals surface area contributed by atoms with E-state index in [1.54, 1.807) is 4.31 Å². The standard InChI is InChI=1S/C14H30N2O2S/c1-4-16(12-14-8-7-9-14)19(17,18)11-6-5-10-15-13(2)3/h13-15H,4-12H2,1-3H3. The zero-order valence-electron chi connectivity index (χ0n) is 12.7. The van der Waals surface area contributed by atoms with Gasteiger partial charge in [0.1, 0.15) is 0 Å². The van der Waals surface area contributed by atoms with Crippen molar-refractivity contribution in [3.63, 3.8) is 0 Å². The Labute approximate surface area is 119 Å². The molecule has 0 bridgehead atoms. The fourth-order valence-corrected chi connectivity index (χ4v) is 3.99. The summed E-state index contributed by atoms with van der Waals surface area (Å²) < 4.78 is 26.2. The van der Waals surface area contributed by atoms with Crippen molar-refractivity contribution in [3.05, 3.63) is 0 Å². The van der Waals surface area contributed by atoms with Crippen LogP contribution in [0.4, 0.5) is 0 Å². The number of sulfonamides is 1. The highest BCUT2D eigenvalue weighted by molar-refractivity contribution is 7.89. The van der Waals surface area contributed by atoms with Crippen LogP contribution in [-0.4, -0.2) is 44.2 Å². The molecular weight excluding hydrogens is 260 g/mol. The van der Waals surface area contributed by atoms with Crippen LogP contribution < -0.4 is 5.32 Å². The molecule has 0 unspecified atom stereocenters. The summed E-state index contributed by atoms with van der Waals surface area (Å²) in [5.41, 5.74) is 0. The number of nitrogens with zero attached hydrogens (tertiary/aromatic N) is 1. The van der Waals surface area contributed by atoms with Crippen LogP contribution in [0.5, 0.6) is 0 Å². The topological polar surface area (TPSA) is 49.4 Å². The summed E-state index contributed by atoms with van der Waals surface area (Å²) in [6, 6.07) is 0.474. The lowest BCUT2D eigenvalue weighted by Crippen LogP contribution is -2.38. The largest absolute Gasteiger partial charge is 0.315 e. The summed E-state index contributed by atoms with van der Waals surface area (Å²) in [5, 5.41) is 3.32. The molecule has 0 atom stereocenters. The molecule has 0 amide bonds. The average molecular weight is 290 g/mol. The minimum atomic E-state index is -3.04. The lowest BCUT2D eigenvalue weighted by atomic mass is 9.85. The molecule has 0 heterocycles. The van der Waals surface area contributed by atoms with Gasteiger partial charge in [0.05, 0.1) is 5.75 Å². The number of hydrogen-bond acceptors (Lipinski definition) is 3. The molecule has 1 N–H and O–H groups in total. The molecule has 0 radical (unpaired) electrons. The molecule has 114 valence electrons. The van der Waals surface area contributed by atoms with Crippen molar-refractivity contribution >= 4 is 10.0 Å². The average Bonchev–Trinajstić information content (AvgIpc) is 2.26. The third-order valence-corrected chi connectivity index (χ3v) is 5.81. The van der Waals surface area contributed by atoms with E-state index in [0.717, 1.165) is 25.9 Å². The first-order valence-electron chi connectivity index (χ1n) is 7.67. The Kier molecular flexibility index (Phi) is 7.32. The zero-order chi connectivity index (χ0) is 14.3. The Morgan fingerprint density at radius 2 is 1.95 bits per heavy atom. The van der Waals surface area contributed by atoms with Gasteiger partial charge in [0.25, 0.3) is 0 Å². The monoisotopic (exact) mass is 290 g/mol. The molecular formula is C14H30N2O2S. The van der Waals surface area contributed by atoms with Crippen LogP contribution in [0.25, 0.3) is 0 Å². The first-order chi connectivity index (χ1) is 8.95. The summed E-state index contributed by atoms with van der Waals surface area (Å²) >= 11 is 0. The summed E-state index contributed by atoms with van der Waals surface area (Å²) in [4.78, 5) is 0. The lowest BCUT2D eigenvalue weighted by Gasteiger charge is -2.31. The number of hydrogen-bond donors (Lipinski definition) is 1. The number of unbranched alkanes of at least 4 members (excludes halogenated alkanes) is 1. The minimum absolute atomic E-state index is 0.299. The van der Waals surface area contributed by atoms with E-state index in [1.165, 1.54) is 19.3 Å². The lowest BCUT2D eigenvalue weighted by molar-refractivity contribution is 0.250. The van der Waals surface area contributed by atoms with Crippen LogP contribution in [0.3, 0.4) is 0 Å². The van der Waals surface area contributed by atoms with Crippen LogP contribution in [0.2, 0.25) is 0 Å². The van der Waals surface area contributed by atoms with Crippen LogP contribution in [0, 0.1) is 5.92 Å².